The van der Waals surface area contributed by atoms with Crippen LogP contribution in [-0.2, 0) is 23.4 Å². The number of aromatic nitrogens is 2. The second kappa shape index (κ2) is 12.6. The zero-order valence-electron chi connectivity index (χ0n) is 21.0. The third-order valence-corrected chi connectivity index (χ3v) is 8.87. The van der Waals surface area contributed by atoms with Gasteiger partial charge >= 0.3 is 19.4 Å². The number of H-pyrrole nitrogens is 1. The summed E-state index contributed by atoms with van der Waals surface area (Å²) < 4.78 is 35.1. The molecule has 0 spiro atoms. The Balaban J connectivity index is 1.48. The summed E-state index contributed by atoms with van der Waals surface area (Å²) in [5, 5.41) is 13.3. The number of para-hydroxylation sites is 1. The molecular weight excluding hydrogens is 576 g/mol. The van der Waals surface area contributed by atoms with Gasteiger partial charge in [-0.05, 0) is 44.7 Å². The average Bonchev–Trinajstić information content (AvgIpc) is 3.12. The summed E-state index contributed by atoms with van der Waals surface area (Å²) in [6.45, 7) is 0.913. The van der Waals surface area contributed by atoms with E-state index in [0.717, 1.165) is 48.9 Å². The number of nitrogens with zero attached hydrogens (tertiary/aromatic N) is 1. The topological polar surface area (TPSA) is 158 Å². The molecule has 1 saturated carbocycles. The monoisotopic (exact) mass is 605 g/mol. The lowest BCUT2D eigenvalue weighted by Gasteiger charge is -2.27. The van der Waals surface area contributed by atoms with E-state index in [1.54, 1.807) is 30.3 Å². The van der Waals surface area contributed by atoms with E-state index >= 15 is 0 Å². The van der Waals surface area contributed by atoms with Gasteiger partial charge in [-0.3, -0.25) is 23.7 Å². The highest BCUT2D eigenvalue weighted by Crippen LogP contribution is 2.49. The summed E-state index contributed by atoms with van der Waals surface area (Å²) in [7, 11) is -4.28. The normalized spacial score (nSPS) is 25.5. The molecule has 1 saturated heterocycles. The van der Waals surface area contributed by atoms with Crippen LogP contribution in [0.15, 0.2) is 52.2 Å². The SMILES string of the molecule is CC(NP(=O)(OC[C@H]1O[C@@H](n2ccc(=O)[nH]c2=O)C(Cl)(Cl)[C@@H]1O)Oc1ccccc1)C(=O)OC1CCCCC1. The standard InChI is InChI=1S/C24H30Cl2N3O9P/c1-15(21(32)36-16-8-4-2-5-9-16)28-39(34,38-17-10-6-3-7-11-17)35-14-18-20(31)24(25,26)22(37-18)29-13-12-19(30)27-23(29)33/h3,6-7,10-13,15-16,18,20,22,31H,2,4-5,8-9,14H2,1H3,(H,28,34)(H,27,30,33)/t15?,18-,20-,22-,39?/m1/s1. The number of alkyl halides is 2. The lowest BCUT2D eigenvalue weighted by molar-refractivity contribution is -0.152. The van der Waals surface area contributed by atoms with Crippen LogP contribution in [0.1, 0.15) is 45.3 Å². The van der Waals surface area contributed by atoms with Crippen molar-refractivity contribution in [3.63, 3.8) is 0 Å². The van der Waals surface area contributed by atoms with E-state index in [2.05, 4.69) is 10.1 Å². The number of carbonyl (C=O) groups is 1. The van der Waals surface area contributed by atoms with Crippen molar-refractivity contribution in [2.75, 3.05) is 6.61 Å². The van der Waals surface area contributed by atoms with Crippen LogP contribution in [0, 0.1) is 0 Å². The second-order valence-electron chi connectivity index (χ2n) is 9.41. The smallest absolute Gasteiger partial charge is 0.459 e. The maximum absolute atomic E-state index is 13.8. The van der Waals surface area contributed by atoms with Crippen molar-refractivity contribution < 1.29 is 33.0 Å². The van der Waals surface area contributed by atoms with Gasteiger partial charge in [-0.1, -0.05) is 47.8 Å². The number of hydrogen-bond donors (Lipinski definition) is 3. The summed E-state index contributed by atoms with van der Waals surface area (Å²) in [6, 6.07) is 8.14. The van der Waals surface area contributed by atoms with Gasteiger partial charge in [-0.25, -0.2) is 9.36 Å². The van der Waals surface area contributed by atoms with Crippen LogP contribution in [0.25, 0.3) is 0 Å². The molecule has 39 heavy (non-hydrogen) atoms. The lowest BCUT2D eigenvalue weighted by Crippen LogP contribution is -2.41. The number of ether oxygens (including phenoxy) is 2. The van der Waals surface area contributed by atoms with E-state index < -0.39 is 60.4 Å². The molecule has 4 rings (SSSR count). The minimum atomic E-state index is -4.28. The maximum atomic E-state index is 13.8. The summed E-state index contributed by atoms with van der Waals surface area (Å²) in [5.41, 5.74) is -1.51. The van der Waals surface area contributed by atoms with Crippen molar-refractivity contribution in [2.24, 2.45) is 0 Å². The zero-order chi connectivity index (χ0) is 28.2. The minimum absolute atomic E-state index is 0.191. The Morgan fingerprint density at radius 1 is 1.23 bits per heavy atom. The van der Waals surface area contributed by atoms with E-state index in [1.165, 1.54) is 6.92 Å². The largest absolute Gasteiger partial charge is 0.461 e. The molecule has 214 valence electrons. The van der Waals surface area contributed by atoms with Crippen molar-refractivity contribution in [3.8, 4) is 5.75 Å². The Hall–Kier alpha value is -2.18. The predicted molar refractivity (Wildman–Crippen MR) is 142 cm³/mol. The molecule has 1 aliphatic heterocycles. The maximum Gasteiger partial charge on any atom is 0.459 e. The molecule has 5 atom stereocenters. The number of halogens is 2. The first-order valence-electron chi connectivity index (χ1n) is 12.5. The van der Waals surface area contributed by atoms with E-state index in [1.807, 2.05) is 0 Å². The number of nitrogens with one attached hydrogen (secondary N) is 2. The molecule has 2 fully saturated rings. The number of carbonyl (C=O) groups excluding carboxylic acids is 1. The molecule has 2 aromatic rings. The second-order valence-corrected chi connectivity index (χ2v) is 12.5. The average molecular weight is 606 g/mol. The Kier molecular flexibility index (Phi) is 9.59. The first-order chi connectivity index (χ1) is 18.5. The van der Waals surface area contributed by atoms with Gasteiger partial charge in [0, 0.05) is 12.3 Å². The van der Waals surface area contributed by atoms with Crippen molar-refractivity contribution in [2.45, 2.75) is 73.9 Å². The molecule has 0 amide bonds. The molecule has 0 radical (unpaired) electrons. The Morgan fingerprint density at radius 2 is 1.92 bits per heavy atom. The fourth-order valence-electron chi connectivity index (χ4n) is 4.34. The Labute approximate surface area is 234 Å². The number of hydrogen-bond acceptors (Lipinski definition) is 9. The van der Waals surface area contributed by atoms with Crippen LogP contribution in [-0.4, -0.2) is 55.9 Å². The highest BCUT2D eigenvalue weighted by atomic mass is 35.5. The van der Waals surface area contributed by atoms with Gasteiger partial charge in [0.2, 0.25) is 0 Å². The van der Waals surface area contributed by atoms with Gasteiger partial charge in [0.1, 0.15) is 30.1 Å². The molecule has 15 heteroatoms. The summed E-state index contributed by atoms with van der Waals surface area (Å²) >= 11 is 12.7. The molecule has 2 unspecified atom stereocenters. The van der Waals surface area contributed by atoms with Gasteiger partial charge in [0.05, 0.1) is 6.61 Å². The van der Waals surface area contributed by atoms with Gasteiger partial charge in [-0.2, -0.15) is 5.09 Å². The van der Waals surface area contributed by atoms with Gasteiger partial charge in [0.25, 0.3) is 5.56 Å². The van der Waals surface area contributed by atoms with Gasteiger partial charge in [-0.15, -0.1) is 0 Å². The third kappa shape index (κ3) is 7.32. The van der Waals surface area contributed by atoms with Crippen molar-refractivity contribution in [3.05, 3.63) is 63.4 Å². The molecule has 1 aromatic carbocycles. The minimum Gasteiger partial charge on any atom is -0.461 e. The van der Waals surface area contributed by atoms with Crippen molar-refractivity contribution in [1.29, 1.82) is 0 Å². The molecule has 3 N–H and O–H groups in total. The summed E-state index contributed by atoms with van der Waals surface area (Å²) in [6.07, 6.45) is 1.17. The van der Waals surface area contributed by atoms with Gasteiger partial charge < -0.3 is 19.1 Å². The van der Waals surface area contributed by atoms with Crippen molar-refractivity contribution in [1.82, 2.24) is 14.6 Å². The zero-order valence-corrected chi connectivity index (χ0v) is 23.4. The van der Waals surface area contributed by atoms with Crippen LogP contribution in [0.3, 0.4) is 0 Å². The van der Waals surface area contributed by atoms with Crippen LogP contribution in [0.4, 0.5) is 0 Å². The fraction of sp³-hybridized carbons (Fsp3) is 0.542. The number of rotatable bonds is 10. The summed E-state index contributed by atoms with van der Waals surface area (Å²) in [5.74, 6) is -0.423. The van der Waals surface area contributed by atoms with E-state index in [9.17, 15) is 24.1 Å². The van der Waals surface area contributed by atoms with E-state index in [-0.39, 0.29) is 11.9 Å². The Morgan fingerprint density at radius 3 is 2.59 bits per heavy atom. The highest BCUT2D eigenvalue weighted by molar-refractivity contribution is 7.52. The highest BCUT2D eigenvalue weighted by Gasteiger charge is 2.56. The van der Waals surface area contributed by atoms with Crippen LogP contribution in [0.5, 0.6) is 5.75 Å². The fourth-order valence-corrected chi connectivity index (χ4v) is 6.44. The number of esters is 1. The number of aliphatic hydroxyl groups is 1. The van der Waals surface area contributed by atoms with Gasteiger partial charge in [0.15, 0.2) is 10.6 Å². The van der Waals surface area contributed by atoms with Crippen LogP contribution < -0.4 is 20.9 Å². The van der Waals surface area contributed by atoms with E-state index in [0.29, 0.717) is 0 Å². The molecule has 2 aliphatic rings. The predicted octanol–water partition coefficient (Wildman–Crippen LogP) is 3.03. The van der Waals surface area contributed by atoms with Crippen LogP contribution in [0.2, 0.25) is 0 Å². The number of benzene rings is 1. The number of aromatic amines is 1. The molecule has 0 bridgehead atoms. The number of aliphatic hydroxyl groups excluding tert-OH is 1. The third-order valence-electron chi connectivity index (χ3n) is 6.40. The molecule has 1 aromatic heterocycles. The molecule has 1 aliphatic carbocycles. The lowest BCUT2D eigenvalue weighted by atomic mass is 9.98. The molecule has 12 nitrogen and oxygen atoms in total. The molecular formula is C24H30Cl2N3O9P. The van der Waals surface area contributed by atoms with Crippen LogP contribution >= 0.6 is 30.9 Å². The summed E-state index contributed by atoms with van der Waals surface area (Å²) in [4.78, 5) is 38.5. The van der Waals surface area contributed by atoms with Crippen molar-refractivity contribution >= 4 is 36.9 Å². The molecule has 2 heterocycles. The quantitative estimate of drug-likeness (QED) is 0.209. The Bertz CT molecular complexity index is 1300. The van der Waals surface area contributed by atoms with E-state index in [4.69, 9.17) is 41.7 Å². The first kappa shape index (κ1) is 29.8. The first-order valence-corrected chi connectivity index (χ1v) is 14.8.